The topological polar surface area (TPSA) is 35.2 Å². The van der Waals surface area contributed by atoms with Crippen molar-refractivity contribution in [2.24, 2.45) is 5.73 Å². The second-order valence-corrected chi connectivity index (χ2v) is 5.61. The van der Waals surface area contributed by atoms with Crippen molar-refractivity contribution >= 4 is 15.9 Å². The first-order valence-electron chi connectivity index (χ1n) is 6.93. The molecule has 0 aliphatic rings. The van der Waals surface area contributed by atoms with Crippen molar-refractivity contribution in [3.05, 3.63) is 64.6 Å². The summed E-state index contributed by atoms with van der Waals surface area (Å²) in [6.45, 7) is 1.39. The van der Waals surface area contributed by atoms with E-state index < -0.39 is 0 Å². The summed E-state index contributed by atoms with van der Waals surface area (Å²) >= 11 is 3.60. The van der Waals surface area contributed by atoms with Crippen LogP contribution in [0, 0.1) is 0 Å². The monoisotopic (exact) mass is 333 g/mol. The quantitative estimate of drug-likeness (QED) is 0.764. The van der Waals surface area contributed by atoms with Gasteiger partial charge in [-0.3, -0.25) is 0 Å². The van der Waals surface area contributed by atoms with Gasteiger partial charge in [-0.1, -0.05) is 52.3 Å². The Kier molecular flexibility index (Phi) is 6.09. The number of nitrogens with two attached hydrogens (primary N) is 1. The molecule has 2 N–H and O–H groups in total. The van der Waals surface area contributed by atoms with Crippen LogP contribution < -0.4 is 10.5 Å². The molecule has 0 aliphatic carbocycles. The molecule has 2 aromatic carbocycles. The normalized spacial score (nSPS) is 12.1. The summed E-state index contributed by atoms with van der Waals surface area (Å²) in [4.78, 5) is 0. The Morgan fingerprint density at radius 3 is 2.40 bits per heavy atom. The molecule has 2 aromatic rings. The molecule has 0 aromatic heterocycles. The van der Waals surface area contributed by atoms with E-state index in [0.29, 0.717) is 12.5 Å². The van der Waals surface area contributed by atoms with Crippen LogP contribution in [0.2, 0.25) is 0 Å². The maximum absolute atomic E-state index is 5.91. The van der Waals surface area contributed by atoms with Crippen molar-refractivity contribution in [1.29, 1.82) is 0 Å². The van der Waals surface area contributed by atoms with Gasteiger partial charge >= 0.3 is 0 Å². The lowest BCUT2D eigenvalue weighted by Crippen LogP contribution is -2.14. The number of benzene rings is 2. The third kappa shape index (κ3) is 4.36. The first-order valence-corrected chi connectivity index (χ1v) is 7.73. The fraction of sp³-hybridized carbons (Fsp3) is 0.294. The largest absolute Gasteiger partial charge is 0.494 e. The molecule has 0 spiro atoms. The maximum Gasteiger partial charge on any atom is 0.119 e. The standard InChI is InChI=1S/C17H20BrNO/c18-17-11-5-4-10-16(17)14(13-19)7-6-12-20-15-8-2-1-3-9-15/h1-5,8-11,14H,6-7,12-13,19H2. The Labute approximate surface area is 129 Å². The van der Waals surface area contributed by atoms with E-state index in [1.165, 1.54) is 5.56 Å². The molecule has 1 atom stereocenters. The van der Waals surface area contributed by atoms with Crippen LogP contribution in [-0.2, 0) is 0 Å². The van der Waals surface area contributed by atoms with Crippen LogP contribution in [0.1, 0.15) is 24.3 Å². The summed E-state index contributed by atoms with van der Waals surface area (Å²) in [7, 11) is 0. The molecule has 20 heavy (non-hydrogen) atoms. The van der Waals surface area contributed by atoms with Gasteiger partial charge in [-0.05, 0) is 49.1 Å². The Bertz CT molecular complexity index is 515. The van der Waals surface area contributed by atoms with E-state index in [2.05, 4.69) is 34.1 Å². The van der Waals surface area contributed by atoms with Crippen LogP contribution in [0.15, 0.2) is 59.1 Å². The number of para-hydroxylation sites is 1. The highest BCUT2D eigenvalue weighted by molar-refractivity contribution is 9.10. The van der Waals surface area contributed by atoms with E-state index in [0.717, 1.165) is 29.7 Å². The molecule has 0 saturated carbocycles. The van der Waals surface area contributed by atoms with Gasteiger partial charge in [0.15, 0.2) is 0 Å². The molecule has 0 bridgehead atoms. The van der Waals surface area contributed by atoms with E-state index in [4.69, 9.17) is 10.5 Å². The summed E-state index contributed by atoms with van der Waals surface area (Å²) in [6, 6.07) is 18.2. The van der Waals surface area contributed by atoms with Gasteiger partial charge < -0.3 is 10.5 Å². The van der Waals surface area contributed by atoms with Crippen molar-refractivity contribution in [2.75, 3.05) is 13.2 Å². The van der Waals surface area contributed by atoms with Crippen LogP contribution in [0.5, 0.6) is 5.75 Å². The number of hydrogen-bond acceptors (Lipinski definition) is 2. The van der Waals surface area contributed by atoms with Gasteiger partial charge in [0.1, 0.15) is 5.75 Å². The predicted octanol–water partition coefficient (Wildman–Crippen LogP) is 4.35. The zero-order valence-corrected chi connectivity index (χ0v) is 13.1. The highest BCUT2D eigenvalue weighted by atomic mass is 79.9. The first-order chi connectivity index (χ1) is 9.81. The average Bonchev–Trinajstić information content (AvgIpc) is 2.50. The van der Waals surface area contributed by atoms with Crippen molar-refractivity contribution in [3.63, 3.8) is 0 Å². The SMILES string of the molecule is NCC(CCCOc1ccccc1)c1ccccc1Br. The summed E-state index contributed by atoms with van der Waals surface area (Å²) in [5, 5.41) is 0. The summed E-state index contributed by atoms with van der Waals surface area (Å²) in [5.41, 5.74) is 7.19. The molecule has 2 nitrogen and oxygen atoms in total. The van der Waals surface area contributed by atoms with Gasteiger partial charge in [0.25, 0.3) is 0 Å². The van der Waals surface area contributed by atoms with E-state index in [9.17, 15) is 0 Å². The first kappa shape index (κ1) is 15.1. The average molecular weight is 334 g/mol. The number of halogens is 1. The smallest absolute Gasteiger partial charge is 0.119 e. The third-order valence-corrected chi connectivity index (χ3v) is 4.06. The molecule has 0 fully saturated rings. The Hall–Kier alpha value is -1.32. The molecule has 106 valence electrons. The molecule has 0 saturated heterocycles. The summed E-state index contributed by atoms with van der Waals surface area (Å²) < 4.78 is 6.85. The molecule has 0 radical (unpaired) electrons. The van der Waals surface area contributed by atoms with Crippen molar-refractivity contribution in [3.8, 4) is 5.75 Å². The zero-order valence-electron chi connectivity index (χ0n) is 11.5. The maximum atomic E-state index is 5.91. The zero-order chi connectivity index (χ0) is 14.2. The van der Waals surface area contributed by atoms with Crippen LogP contribution in [0.4, 0.5) is 0 Å². The third-order valence-electron chi connectivity index (χ3n) is 3.34. The highest BCUT2D eigenvalue weighted by Gasteiger charge is 2.12. The second kappa shape index (κ2) is 8.08. The van der Waals surface area contributed by atoms with Crippen molar-refractivity contribution in [1.82, 2.24) is 0 Å². The minimum atomic E-state index is 0.380. The van der Waals surface area contributed by atoms with Gasteiger partial charge in [-0.2, -0.15) is 0 Å². The Balaban J connectivity index is 1.81. The molecule has 0 heterocycles. The Morgan fingerprint density at radius 2 is 1.70 bits per heavy atom. The van der Waals surface area contributed by atoms with Crippen LogP contribution in [0.25, 0.3) is 0 Å². The predicted molar refractivity (Wildman–Crippen MR) is 87.1 cm³/mol. The molecule has 2 rings (SSSR count). The van der Waals surface area contributed by atoms with E-state index in [1.807, 2.05) is 36.4 Å². The molecular weight excluding hydrogens is 314 g/mol. The van der Waals surface area contributed by atoms with Gasteiger partial charge in [-0.25, -0.2) is 0 Å². The number of ether oxygens (including phenoxy) is 1. The van der Waals surface area contributed by atoms with Gasteiger partial charge in [0.05, 0.1) is 6.61 Å². The molecular formula is C17H20BrNO. The highest BCUT2D eigenvalue weighted by Crippen LogP contribution is 2.27. The van der Waals surface area contributed by atoms with E-state index >= 15 is 0 Å². The summed E-state index contributed by atoms with van der Waals surface area (Å²) in [6.07, 6.45) is 2.03. The second-order valence-electron chi connectivity index (χ2n) is 4.76. The fourth-order valence-corrected chi connectivity index (χ4v) is 2.85. The van der Waals surface area contributed by atoms with Crippen molar-refractivity contribution in [2.45, 2.75) is 18.8 Å². The van der Waals surface area contributed by atoms with Gasteiger partial charge in [0, 0.05) is 4.47 Å². The van der Waals surface area contributed by atoms with Crippen LogP contribution >= 0.6 is 15.9 Å². The number of rotatable bonds is 7. The molecule has 0 aliphatic heterocycles. The van der Waals surface area contributed by atoms with Crippen LogP contribution in [0.3, 0.4) is 0 Å². The van der Waals surface area contributed by atoms with Crippen LogP contribution in [-0.4, -0.2) is 13.2 Å². The minimum Gasteiger partial charge on any atom is -0.494 e. The van der Waals surface area contributed by atoms with E-state index in [1.54, 1.807) is 0 Å². The van der Waals surface area contributed by atoms with Gasteiger partial charge in [-0.15, -0.1) is 0 Å². The lowest BCUT2D eigenvalue weighted by molar-refractivity contribution is 0.301. The minimum absolute atomic E-state index is 0.380. The molecule has 0 amide bonds. The lowest BCUT2D eigenvalue weighted by atomic mass is 9.94. The summed E-state index contributed by atoms with van der Waals surface area (Å²) in [5.74, 6) is 1.31. The Morgan fingerprint density at radius 1 is 1.00 bits per heavy atom. The molecule has 3 heteroatoms. The lowest BCUT2D eigenvalue weighted by Gasteiger charge is -2.17. The molecule has 1 unspecified atom stereocenters. The van der Waals surface area contributed by atoms with Crippen molar-refractivity contribution < 1.29 is 4.74 Å². The van der Waals surface area contributed by atoms with E-state index in [-0.39, 0.29) is 0 Å². The number of hydrogen-bond donors (Lipinski definition) is 1. The van der Waals surface area contributed by atoms with Gasteiger partial charge in [0.2, 0.25) is 0 Å². The fourth-order valence-electron chi connectivity index (χ4n) is 2.24.